The highest BCUT2D eigenvalue weighted by Crippen LogP contribution is 2.22. The number of hydrogen-bond donors (Lipinski definition) is 2. The maximum absolute atomic E-state index is 5.99. The normalized spacial score (nSPS) is 13.0. The van der Waals surface area contributed by atoms with Crippen LogP contribution in [-0.2, 0) is 6.54 Å². The quantitative estimate of drug-likeness (QED) is 0.739. The molecule has 1 atom stereocenters. The van der Waals surface area contributed by atoms with E-state index in [1.54, 1.807) is 0 Å². The van der Waals surface area contributed by atoms with Gasteiger partial charge in [-0.05, 0) is 42.5 Å². The van der Waals surface area contributed by atoms with Gasteiger partial charge < -0.3 is 10.3 Å². The first-order valence-corrected chi connectivity index (χ1v) is 8.30. The second-order valence-corrected chi connectivity index (χ2v) is 6.60. The summed E-state index contributed by atoms with van der Waals surface area (Å²) in [5.74, 6) is 2.43. The molecule has 0 radical (unpaired) electrons. The number of rotatable bonds is 7. The molecule has 0 spiro atoms. The third-order valence-corrected chi connectivity index (χ3v) is 4.44. The van der Waals surface area contributed by atoms with Gasteiger partial charge in [0.1, 0.15) is 0 Å². The molecule has 1 unspecified atom stereocenters. The number of hydrogen-bond acceptors (Lipinski definition) is 2. The van der Waals surface area contributed by atoms with E-state index in [1.165, 1.54) is 28.9 Å². The smallest absolute Gasteiger partial charge is 0.0472 e. The molecule has 1 heterocycles. The van der Waals surface area contributed by atoms with Crippen molar-refractivity contribution in [2.75, 3.05) is 11.5 Å². The zero-order valence-corrected chi connectivity index (χ0v) is 13.1. The van der Waals surface area contributed by atoms with Crippen molar-refractivity contribution in [1.29, 1.82) is 0 Å². The first-order valence-electron chi connectivity index (χ1n) is 6.77. The van der Waals surface area contributed by atoms with E-state index in [4.69, 9.17) is 11.6 Å². The van der Waals surface area contributed by atoms with Crippen molar-refractivity contribution >= 4 is 34.3 Å². The molecule has 2 N–H and O–H groups in total. The molecule has 0 fully saturated rings. The monoisotopic (exact) mass is 296 g/mol. The summed E-state index contributed by atoms with van der Waals surface area (Å²) in [4.78, 5) is 3.28. The van der Waals surface area contributed by atoms with Gasteiger partial charge in [-0.2, -0.15) is 11.8 Å². The van der Waals surface area contributed by atoms with Gasteiger partial charge in [-0.3, -0.25) is 0 Å². The Bertz CT molecular complexity index is 524. The largest absolute Gasteiger partial charge is 0.361 e. The summed E-state index contributed by atoms with van der Waals surface area (Å²) in [6.07, 6.45) is 3.29. The molecule has 0 amide bonds. The minimum atomic E-state index is 0.552. The van der Waals surface area contributed by atoms with E-state index in [1.807, 2.05) is 23.9 Å². The van der Waals surface area contributed by atoms with Crippen LogP contribution >= 0.6 is 23.4 Å². The summed E-state index contributed by atoms with van der Waals surface area (Å²) in [6.45, 7) is 5.36. The lowest BCUT2D eigenvalue weighted by Crippen LogP contribution is -2.25. The lowest BCUT2D eigenvalue weighted by Gasteiger charge is -2.12. The van der Waals surface area contributed by atoms with Crippen molar-refractivity contribution in [1.82, 2.24) is 10.3 Å². The minimum Gasteiger partial charge on any atom is -0.361 e. The molecule has 4 heteroatoms. The number of halogens is 1. The number of H-pyrrole nitrogens is 1. The Morgan fingerprint density at radius 1 is 1.42 bits per heavy atom. The van der Waals surface area contributed by atoms with Crippen molar-refractivity contribution in [3.05, 3.63) is 35.0 Å². The van der Waals surface area contributed by atoms with Crippen LogP contribution in [0.25, 0.3) is 10.9 Å². The average Bonchev–Trinajstić information content (AvgIpc) is 2.79. The number of nitrogens with one attached hydrogen (secondary N) is 2. The Balaban J connectivity index is 1.91. The van der Waals surface area contributed by atoms with Crippen molar-refractivity contribution < 1.29 is 0 Å². The standard InChI is InChI=1S/C15H21ClN2S/c1-3-19-7-6-11(2)17-9-12-10-18-15-8-13(16)4-5-14(12)15/h4-5,8,10-11,17-18H,3,6-7,9H2,1-2H3. The Morgan fingerprint density at radius 3 is 3.05 bits per heavy atom. The van der Waals surface area contributed by atoms with E-state index >= 15 is 0 Å². The van der Waals surface area contributed by atoms with Gasteiger partial charge in [-0.25, -0.2) is 0 Å². The van der Waals surface area contributed by atoms with Gasteiger partial charge in [0.2, 0.25) is 0 Å². The van der Waals surface area contributed by atoms with Crippen LogP contribution in [0.4, 0.5) is 0 Å². The van der Waals surface area contributed by atoms with E-state index in [-0.39, 0.29) is 0 Å². The summed E-state index contributed by atoms with van der Waals surface area (Å²) in [5.41, 5.74) is 2.42. The fraction of sp³-hybridized carbons (Fsp3) is 0.467. The molecule has 19 heavy (non-hydrogen) atoms. The fourth-order valence-electron chi connectivity index (χ4n) is 2.10. The Morgan fingerprint density at radius 2 is 2.26 bits per heavy atom. The lowest BCUT2D eigenvalue weighted by molar-refractivity contribution is 0.539. The van der Waals surface area contributed by atoms with Crippen LogP contribution in [-0.4, -0.2) is 22.5 Å². The second-order valence-electron chi connectivity index (χ2n) is 4.77. The SMILES string of the molecule is CCSCCC(C)NCc1c[nH]c2cc(Cl)ccc12. The van der Waals surface area contributed by atoms with Crippen molar-refractivity contribution in [3.8, 4) is 0 Å². The van der Waals surface area contributed by atoms with Crippen molar-refractivity contribution in [2.45, 2.75) is 32.9 Å². The first-order chi connectivity index (χ1) is 9.20. The highest BCUT2D eigenvalue weighted by atomic mass is 35.5. The first kappa shape index (κ1) is 14.8. The third kappa shape index (κ3) is 4.16. The van der Waals surface area contributed by atoms with Crippen LogP contribution < -0.4 is 5.32 Å². The zero-order chi connectivity index (χ0) is 13.7. The van der Waals surface area contributed by atoms with Crippen LogP contribution in [0.1, 0.15) is 25.8 Å². The van der Waals surface area contributed by atoms with Crippen LogP contribution in [0.5, 0.6) is 0 Å². The number of aromatic amines is 1. The molecule has 0 aliphatic heterocycles. The topological polar surface area (TPSA) is 27.8 Å². The van der Waals surface area contributed by atoms with Gasteiger partial charge in [-0.15, -0.1) is 0 Å². The van der Waals surface area contributed by atoms with E-state index < -0.39 is 0 Å². The third-order valence-electron chi connectivity index (χ3n) is 3.27. The molecule has 1 aromatic heterocycles. The maximum Gasteiger partial charge on any atom is 0.0472 e. The molecule has 1 aromatic carbocycles. The molecule has 0 aliphatic rings. The van der Waals surface area contributed by atoms with Gasteiger partial charge >= 0.3 is 0 Å². The van der Waals surface area contributed by atoms with E-state index in [0.29, 0.717) is 6.04 Å². The zero-order valence-electron chi connectivity index (χ0n) is 11.5. The molecule has 0 saturated heterocycles. The van der Waals surface area contributed by atoms with Gasteiger partial charge in [0.25, 0.3) is 0 Å². The van der Waals surface area contributed by atoms with Gasteiger partial charge in [0.15, 0.2) is 0 Å². The number of fused-ring (bicyclic) bond motifs is 1. The van der Waals surface area contributed by atoms with E-state index in [9.17, 15) is 0 Å². The van der Waals surface area contributed by atoms with E-state index in [0.717, 1.165) is 17.1 Å². The predicted molar refractivity (Wildman–Crippen MR) is 87.2 cm³/mol. The summed E-state index contributed by atoms with van der Waals surface area (Å²) in [5, 5.41) is 5.62. The molecule has 0 saturated carbocycles. The summed E-state index contributed by atoms with van der Waals surface area (Å²) in [7, 11) is 0. The van der Waals surface area contributed by atoms with Crippen LogP contribution in [0.15, 0.2) is 24.4 Å². The highest BCUT2D eigenvalue weighted by Gasteiger charge is 2.06. The Labute approximate surface area is 124 Å². The molecular formula is C15H21ClN2S. The summed E-state index contributed by atoms with van der Waals surface area (Å²) < 4.78 is 0. The van der Waals surface area contributed by atoms with Gasteiger partial charge in [-0.1, -0.05) is 24.6 Å². The number of thioether (sulfide) groups is 1. The minimum absolute atomic E-state index is 0.552. The van der Waals surface area contributed by atoms with Gasteiger partial charge in [0.05, 0.1) is 0 Å². The number of benzene rings is 1. The van der Waals surface area contributed by atoms with E-state index in [2.05, 4.69) is 36.4 Å². The number of aromatic nitrogens is 1. The van der Waals surface area contributed by atoms with Crippen LogP contribution in [0, 0.1) is 0 Å². The summed E-state index contributed by atoms with van der Waals surface area (Å²) >= 11 is 7.99. The molecule has 2 nitrogen and oxygen atoms in total. The molecule has 2 rings (SSSR count). The summed E-state index contributed by atoms with van der Waals surface area (Å²) in [6, 6.07) is 6.56. The predicted octanol–water partition coefficient (Wildman–Crippen LogP) is 4.44. The van der Waals surface area contributed by atoms with Crippen LogP contribution in [0.3, 0.4) is 0 Å². The van der Waals surface area contributed by atoms with Gasteiger partial charge in [0, 0.05) is 34.7 Å². The fourth-order valence-corrected chi connectivity index (χ4v) is 3.08. The second kappa shape index (κ2) is 7.22. The molecular weight excluding hydrogens is 276 g/mol. The average molecular weight is 297 g/mol. The molecule has 2 aromatic rings. The molecule has 0 aliphatic carbocycles. The van der Waals surface area contributed by atoms with Crippen molar-refractivity contribution in [2.24, 2.45) is 0 Å². The highest BCUT2D eigenvalue weighted by molar-refractivity contribution is 7.99. The molecule has 104 valence electrons. The Kier molecular flexibility index (Phi) is 5.61. The van der Waals surface area contributed by atoms with Crippen LogP contribution in [0.2, 0.25) is 5.02 Å². The Hall–Kier alpha value is -0.640. The molecule has 0 bridgehead atoms. The maximum atomic E-state index is 5.99. The van der Waals surface area contributed by atoms with Crippen molar-refractivity contribution in [3.63, 3.8) is 0 Å². The lowest BCUT2D eigenvalue weighted by atomic mass is 10.1.